The zero-order valence-electron chi connectivity index (χ0n) is 9.66. The lowest BCUT2D eigenvalue weighted by Gasteiger charge is -2.30. The minimum absolute atomic E-state index is 0.223. The van der Waals surface area contributed by atoms with Gasteiger partial charge in [0.2, 0.25) is 0 Å². The molecule has 1 fully saturated rings. The van der Waals surface area contributed by atoms with Crippen molar-refractivity contribution < 1.29 is 5.11 Å². The summed E-state index contributed by atoms with van der Waals surface area (Å²) in [6, 6.07) is 1.16. The Balaban J connectivity index is 2.33. The van der Waals surface area contributed by atoms with Crippen LogP contribution >= 0.6 is 0 Å². The van der Waals surface area contributed by atoms with Gasteiger partial charge in [0.1, 0.15) is 0 Å². The van der Waals surface area contributed by atoms with Gasteiger partial charge < -0.3 is 10.4 Å². The lowest BCUT2D eigenvalue weighted by Crippen LogP contribution is -2.44. The highest BCUT2D eigenvalue weighted by Crippen LogP contribution is 2.09. The zero-order valence-corrected chi connectivity index (χ0v) is 9.66. The SMILES string of the molecule is CC(O)CN(CC1CCCN1)C(C)C. The number of hydrogen-bond acceptors (Lipinski definition) is 3. The third-order valence-corrected chi connectivity index (χ3v) is 2.85. The van der Waals surface area contributed by atoms with E-state index in [4.69, 9.17) is 0 Å². The Labute approximate surface area is 87.5 Å². The minimum atomic E-state index is -0.223. The van der Waals surface area contributed by atoms with Crippen molar-refractivity contribution >= 4 is 0 Å². The van der Waals surface area contributed by atoms with Crippen LogP contribution in [-0.2, 0) is 0 Å². The summed E-state index contributed by atoms with van der Waals surface area (Å²) in [6.07, 6.45) is 2.35. The van der Waals surface area contributed by atoms with Gasteiger partial charge in [-0.2, -0.15) is 0 Å². The Hall–Kier alpha value is -0.120. The first-order chi connectivity index (χ1) is 6.59. The molecule has 1 aliphatic heterocycles. The summed E-state index contributed by atoms with van der Waals surface area (Å²) in [5.74, 6) is 0. The number of rotatable bonds is 5. The number of nitrogens with one attached hydrogen (secondary N) is 1. The molecule has 0 bridgehead atoms. The molecule has 3 heteroatoms. The van der Waals surface area contributed by atoms with Crippen LogP contribution in [0.3, 0.4) is 0 Å². The second-order valence-corrected chi connectivity index (χ2v) is 4.69. The molecule has 0 spiro atoms. The third kappa shape index (κ3) is 3.95. The average Bonchev–Trinajstić information content (AvgIpc) is 2.54. The minimum Gasteiger partial charge on any atom is -0.392 e. The Bertz CT molecular complexity index is 153. The Kier molecular flexibility index (Phi) is 4.85. The fourth-order valence-electron chi connectivity index (χ4n) is 2.03. The van der Waals surface area contributed by atoms with E-state index in [9.17, 15) is 5.11 Å². The quantitative estimate of drug-likeness (QED) is 0.690. The first-order valence-electron chi connectivity index (χ1n) is 5.75. The van der Waals surface area contributed by atoms with Crippen LogP contribution in [0.15, 0.2) is 0 Å². The Morgan fingerprint density at radius 3 is 2.57 bits per heavy atom. The van der Waals surface area contributed by atoms with Crippen LogP contribution in [0.5, 0.6) is 0 Å². The molecule has 0 aromatic heterocycles. The van der Waals surface area contributed by atoms with Crippen LogP contribution in [0, 0.1) is 0 Å². The molecule has 1 rings (SSSR count). The largest absolute Gasteiger partial charge is 0.392 e. The van der Waals surface area contributed by atoms with Crippen molar-refractivity contribution in [2.75, 3.05) is 19.6 Å². The molecule has 0 radical (unpaired) electrons. The molecule has 14 heavy (non-hydrogen) atoms. The molecule has 0 aromatic carbocycles. The van der Waals surface area contributed by atoms with Crippen LogP contribution < -0.4 is 5.32 Å². The van der Waals surface area contributed by atoms with Crippen molar-refractivity contribution in [3.05, 3.63) is 0 Å². The first-order valence-corrected chi connectivity index (χ1v) is 5.75. The van der Waals surface area contributed by atoms with E-state index in [1.54, 1.807) is 0 Å². The molecule has 1 saturated heterocycles. The predicted octanol–water partition coefficient (Wildman–Crippen LogP) is 0.830. The van der Waals surface area contributed by atoms with E-state index in [-0.39, 0.29) is 6.10 Å². The zero-order chi connectivity index (χ0) is 10.6. The average molecular weight is 200 g/mol. The van der Waals surface area contributed by atoms with E-state index in [0.29, 0.717) is 12.1 Å². The summed E-state index contributed by atoms with van der Waals surface area (Å²) in [7, 11) is 0. The van der Waals surface area contributed by atoms with Crippen molar-refractivity contribution in [3.63, 3.8) is 0 Å². The van der Waals surface area contributed by atoms with E-state index < -0.39 is 0 Å². The highest BCUT2D eigenvalue weighted by atomic mass is 16.3. The molecule has 2 atom stereocenters. The van der Waals surface area contributed by atoms with Crippen molar-refractivity contribution in [2.24, 2.45) is 0 Å². The molecule has 0 saturated carbocycles. The number of nitrogens with zero attached hydrogens (tertiary/aromatic N) is 1. The van der Waals surface area contributed by atoms with Gasteiger partial charge in [-0.25, -0.2) is 0 Å². The number of aliphatic hydroxyl groups is 1. The van der Waals surface area contributed by atoms with Gasteiger partial charge in [-0.1, -0.05) is 0 Å². The van der Waals surface area contributed by atoms with Crippen molar-refractivity contribution in [1.82, 2.24) is 10.2 Å². The van der Waals surface area contributed by atoms with Crippen molar-refractivity contribution in [2.45, 2.75) is 51.8 Å². The van der Waals surface area contributed by atoms with E-state index in [1.807, 2.05) is 6.92 Å². The lowest BCUT2D eigenvalue weighted by molar-refractivity contribution is 0.101. The molecule has 0 amide bonds. The molecule has 1 aliphatic rings. The van der Waals surface area contributed by atoms with Crippen molar-refractivity contribution in [1.29, 1.82) is 0 Å². The van der Waals surface area contributed by atoms with Gasteiger partial charge >= 0.3 is 0 Å². The Morgan fingerprint density at radius 1 is 1.43 bits per heavy atom. The van der Waals surface area contributed by atoms with E-state index in [1.165, 1.54) is 12.8 Å². The highest BCUT2D eigenvalue weighted by molar-refractivity contribution is 4.79. The Morgan fingerprint density at radius 2 is 2.14 bits per heavy atom. The topological polar surface area (TPSA) is 35.5 Å². The monoisotopic (exact) mass is 200 g/mol. The molecule has 3 nitrogen and oxygen atoms in total. The maximum absolute atomic E-state index is 9.38. The second-order valence-electron chi connectivity index (χ2n) is 4.69. The number of hydrogen-bond donors (Lipinski definition) is 2. The summed E-state index contributed by atoms with van der Waals surface area (Å²) >= 11 is 0. The molecule has 1 heterocycles. The second kappa shape index (κ2) is 5.69. The smallest absolute Gasteiger partial charge is 0.0639 e. The van der Waals surface area contributed by atoms with Gasteiger partial charge in [0.25, 0.3) is 0 Å². The lowest BCUT2D eigenvalue weighted by atomic mass is 10.2. The maximum atomic E-state index is 9.38. The van der Waals surface area contributed by atoms with Crippen LogP contribution in [0.4, 0.5) is 0 Å². The molecule has 2 unspecified atom stereocenters. The highest BCUT2D eigenvalue weighted by Gasteiger charge is 2.20. The van der Waals surface area contributed by atoms with Crippen LogP contribution in [-0.4, -0.2) is 47.8 Å². The van der Waals surface area contributed by atoms with Gasteiger partial charge in [-0.15, -0.1) is 0 Å². The van der Waals surface area contributed by atoms with Crippen LogP contribution in [0.1, 0.15) is 33.6 Å². The summed E-state index contributed by atoms with van der Waals surface area (Å²) in [6.45, 7) is 9.26. The van der Waals surface area contributed by atoms with E-state index >= 15 is 0 Å². The fourth-order valence-corrected chi connectivity index (χ4v) is 2.03. The van der Waals surface area contributed by atoms with Gasteiger partial charge in [0.15, 0.2) is 0 Å². The summed E-state index contributed by atoms with van der Waals surface area (Å²) in [4.78, 5) is 2.35. The van der Waals surface area contributed by atoms with Crippen LogP contribution in [0.2, 0.25) is 0 Å². The molecule has 2 N–H and O–H groups in total. The first kappa shape index (κ1) is 12.0. The summed E-state index contributed by atoms with van der Waals surface area (Å²) < 4.78 is 0. The summed E-state index contributed by atoms with van der Waals surface area (Å²) in [5, 5.41) is 12.9. The molecular formula is C11H24N2O. The molecule has 0 aromatic rings. The van der Waals surface area contributed by atoms with E-state index in [2.05, 4.69) is 24.1 Å². The van der Waals surface area contributed by atoms with Gasteiger partial charge in [-0.05, 0) is 40.2 Å². The van der Waals surface area contributed by atoms with Crippen LogP contribution in [0.25, 0.3) is 0 Å². The fraction of sp³-hybridized carbons (Fsp3) is 1.00. The molecular weight excluding hydrogens is 176 g/mol. The van der Waals surface area contributed by atoms with Gasteiger partial charge in [0.05, 0.1) is 6.10 Å². The van der Waals surface area contributed by atoms with Gasteiger partial charge in [-0.3, -0.25) is 4.90 Å². The third-order valence-electron chi connectivity index (χ3n) is 2.85. The summed E-state index contributed by atoms with van der Waals surface area (Å²) in [5.41, 5.74) is 0. The standard InChI is InChI=1S/C11H24N2O/c1-9(2)13(7-10(3)14)8-11-5-4-6-12-11/h9-12,14H,4-8H2,1-3H3. The maximum Gasteiger partial charge on any atom is 0.0639 e. The van der Waals surface area contributed by atoms with Gasteiger partial charge in [0, 0.05) is 25.2 Å². The number of aliphatic hydroxyl groups excluding tert-OH is 1. The normalized spacial score (nSPS) is 24.9. The molecule has 0 aliphatic carbocycles. The predicted molar refractivity (Wildman–Crippen MR) is 59.4 cm³/mol. The van der Waals surface area contributed by atoms with Crippen molar-refractivity contribution in [3.8, 4) is 0 Å². The van der Waals surface area contributed by atoms with E-state index in [0.717, 1.165) is 19.6 Å². The molecule has 84 valence electrons.